The fourth-order valence-electron chi connectivity index (χ4n) is 5.27. The van der Waals surface area contributed by atoms with Gasteiger partial charge in [0, 0.05) is 0 Å². The van der Waals surface area contributed by atoms with Crippen molar-refractivity contribution in [1.82, 2.24) is 0 Å². The number of hydrogen-bond acceptors (Lipinski definition) is 0. The van der Waals surface area contributed by atoms with Crippen LogP contribution in [0.2, 0.25) is 0 Å². The predicted octanol–water partition coefficient (Wildman–Crippen LogP) is 7.77. The summed E-state index contributed by atoms with van der Waals surface area (Å²) in [5.74, 6) is 3.90. The fraction of sp³-hybridized carbons (Fsp3) is 0.760. The molecule has 1 aromatic carbocycles. The molecule has 140 valence electrons. The van der Waals surface area contributed by atoms with Crippen LogP contribution in [0.25, 0.3) is 0 Å². The summed E-state index contributed by atoms with van der Waals surface area (Å²) in [6.45, 7) is 9.51. The van der Waals surface area contributed by atoms with E-state index in [1.807, 2.05) is 0 Å². The molecule has 2 saturated carbocycles. The summed E-state index contributed by atoms with van der Waals surface area (Å²) in [4.78, 5) is 0. The van der Waals surface area contributed by atoms with Gasteiger partial charge in [-0.1, -0.05) is 71.2 Å². The van der Waals surface area contributed by atoms with Crippen molar-refractivity contribution in [2.75, 3.05) is 0 Å². The summed E-state index contributed by atoms with van der Waals surface area (Å²) in [6, 6.07) is 9.69. The largest absolute Gasteiger partial charge is 0.0649 e. The molecule has 0 spiro atoms. The SMILES string of the molecule is CCC(C)(C)Cc1ccc(C2CCC(C3CCC(C)CC3)CC2)cc1. The highest BCUT2D eigenvalue weighted by atomic mass is 14.4. The van der Waals surface area contributed by atoms with E-state index in [0.29, 0.717) is 5.41 Å². The smallest absolute Gasteiger partial charge is 0.0162 e. The lowest BCUT2D eigenvalue weighted by molar-refractivity contribution is 0.165. The van der Waals surface area contributed by atoms with Crippen LogP contribution < -0.4 is 0 Å². The van der Waals surface area contributed by atoms with Gasteiger partial charge >= 0.3 is 0 Å². The Labute approximate surface area is 156 Å². The van der Waals surface area contributed by atoms with Crippen molar-refractivity contribution in [2.45, 2.75) is 97.8 Å². The molecule has 2 aliphatic rings. The van der Waals surface area contributed by atoms with Crippen molar-refractivity contribution in [1.29, 1.82) is 0 Å². The number of hydrogen-bond donors (Lipinski definition) is 0. The Balaban J connectivity index is 1.51. The monoisotopic (exact) mass is 340 g/mol. The van der Waals surface area contributed by atoms with Crippen LogP contribution in [0.3, 0.4) is 0 Å². The molecule has 0 atom stereocenters. The van der Waals surface area contributed by atoms with Crippen molar-refractivity contribution in [2.24, 2.45) is 23.2 Å². The summed E-state index contributed by atoms with van der Waals surface area (Å²) >= 11 is 0. The first-order chi connectivity index (χ1) is 12.0. The average Bonchev–Trinajstić information content (AvgIpc) is 2.63. The van der Waals surface area contributed by atoms with E-state index in [0.717, 1.165) is 23.7 Å². The minimum absolute atomic E-state index is 0.428. The van der Waals surface area contributed by atoms with E-state index in [1.54, 1.807) is 5.56 Å². The van der Waals surface area contributed by atoms with Gasteiger partial charge in [0.2, 0.25) is 0 Å². The first-order valence-electron chi connectivity index (χ1n) is 11.1. The van der Waals surface area contributed by atoms with Crippen LogP contribution in [0, 0.1) is 23.2 Å². The van der Waals surface area contributed by atoms with Gasteiger partial charge in [-0.15, -0.1) is 0 Å². The van der Waals surface area contributed by atoms with Gasteiger partial charge in [-0.3, -0.25) is 0 Å². The molecule has 0 nitrogen and oxygen atoms in total. The summed E-state index contributed by atoms with van der Waals surface area (Å²) in [5.41, 5.74) is 3.55. The van der Waals surface area contributed by atoms with Gasteiger partial charge in [0.05, 0.1) is 0 Å². The van der Waals surface area contributed by atoms with Crippen molar-refractivity contribution in [3.8, 4) is 0 Å². The Morgan fingerprint density at radius 2 is 1.32 bits per heavy atom. The van der Waals surface area contributed by atoms with Crippen LogP contribution in [0.5, 0.6) is 0 Å². The first kappa shape index (κ1) is 19.0. The highest BCUT2D eigenvalue weighted by Crippen LogP contribution is 2.43. The van der Waals surface area contributed by atoms with Crippen molar-refractivity contribution in [3.05, 3.63) is 35.4 Å². The van der Waals surface area contributed by atoms with Gasteiger partial charge in [-0.05, 0) is 85.2 Å². The molecular weight excluding hydrogens is 300 g/mol. The lowest BCUT2D eigenvalue weighted by Crippen LogP contribution is -2.24. The Bertz CT molecular complexity index is 507. The maximum Gasteiger partial charge on any atom is -0.0162 e. The molecule has 0 saturated heterocycles. The van der Waals surface area contributed by atoms with E-state index < -0.39 is 0 Å². The standard InChI is InChI=1S/C25H40/c1-5-25(3,4)18-20-8-12-22(13-9-20)24-16-14-23(15-17-24)21-10-6-19(2)7-11-21/h8-9,12-13,19,21,23-24H,5-7,10-11,14-18H2,1-4H3. The molecule has 2 aliphatic carbocycles. The molecule has 0 heteroatoms. The highest BCUT2D eigenvalue weighted by Gasteiger charge is 2.30. The van der Waals surface area contributed by atoms with E-state index in [-0.39, 0.29) is 0 Å². The Kier molecular flexibility index (Phi) is 6.29. The number of rotatable bonds is 5. The molecule has 0 aromatic heterocycles. The highest BCUT2D eigenvalue weighted by molar-refractivity contribution is 5.26. The van der Waals surface area contributed by atoms with Gasteiger partial charge < -0.3 is 0 Å². The molecule has 2 fully saturated rings. The van der Waals surface area contributed by atoms with E-state index in [4.69, 9.17) is 0 Å². The lowest BCUT2D eigenvalue weighted by Gasteiger charge is -2.37. The van der Waals surface area contributed by atoms with Crippen LogP contribution >= 0.6 is 0 Å². The first-order valence-corrected chi connectivity index (χ1v) is 11.1. The van der Waals surface area contributed by atoms with E-state index in [1.165, 1.54) is 69.8 Å². The molecule has 0 heterocycles. The number of benzene rings is 1. The second-order valence-electron chi connectivity index (χ2n) is 10.1. The van der Waals surface area contributed by atoms with Crippen molar-refractivity contribution < 1.29 is 0 Å². The van der Waals surface area contributed by atoms with Gasteiger partial charge in [0.1, 0.15) is 0 Å². The minimum Gasteiger partial charge on any atom is -0.0649 e. The quantitative estimate of drug-likeness (QED) is 0.513. The minimum atomic E-state index is 0.428. The Morgan fingerprint density at radius 3 is 1.84 bits per heavy atom. The van der Waals surface area contributed by atoms with Gasteiger partial charge in [0.15, 0.2) is 0 Å². The van der Waals surface area contributed by atoms with Crippen LogP contribution in [-0.4, -0.2) is 0 Å². The Hall–Kier alpha value is -0.780. The van der Waals surface area contributed by atoms with Gasteiger partial charge in [-0.2, -0.15) is 0 Å². The van der Waals surface area contributed by atoms with E-state index in [2.05, 4.69) is 52.0 Å². The molecule has 25 heavy (non-hydrogen) atoms. The Morgan fingerprint density at radius 1 is 0.800 bits per heavy atom. The second-order valence-corrected chi connectivity index (χ2v) is 10.1. The molecule has 1 aromatic rings. The molecule has 3 rings (SSSR count). The normalized spacial score (nSPS) is 31.0. The zero-order valence-electron chi connectivity index (χ0n) is 17.2. The zero-order chi connectivity index (χ0) is 17.9. The van der Waals surface area contributed by atoms with E-state index in [9.17, 15) is 0 Å². The molecular formula is C25H40. The summed E-state index contributed by atoms with van der Waals surface area (Å²) in [5, 5.41) is 0. The lowest BCUT2D eigenvalue weighted by atomic mass is 9.68. The zero-order valence-corrected chi connectivity index (χ0v) is 17.2. The average molecular weight is 341 g/mol. The third-order valence-electron chi connectivity index (χ3n) is 7.59. The topological polar surface area (TPSA) is 0 Å². The van der Waals surface area contributed by atoms with Crippen LogP contribution in [-0.2, 0) is 6.42 Å². The summed E-state index contributed by atoms with van der Waals surface area (Å²) in [6.07, 6.45) is 14.3. The fourth-order valence-corrected chi connectivity index (χ4v) is 5.27. The predicted molar refractivity (Wildman–Crippen MR) is 110 cm³/mol. The van der Waals surface area contributed by atoms with Gasteiger partial charge in [0.25, 0.3) is 0 Å². The summed E-state index contributed by atoms with van der Waals surface area (Å²) in [7, 11) is 0. The molecule has 0 bridgehead atoms. The third kappa shape index (κ3) is 5.11. The van der Waals surface area contributed by atoms with Crippen LogP contribution in [0.15, 0.2) is 24.3 Å². The van der Waals surface area contributed by atoms with E-state index >= 15 is 0 Å². The maximum atomic E-state index is 2.44. The molecule has 0 aliphatic heterocycles. The van der Waals surface area contributed by atoms with Crippen LogP contribution in [0.4, 0.5) is 0 Å². The maximum absolute atomic E-state index is 2.44. The molecule has 0 unspecified atom stereocenters. The van der Waals surface area contributed by atoms with Gasteiger partial charge in [-0.25, -0.2) is 0 Å². The van der Waals surface area contributed by atoms with Crippen LogP contribution in [0.1, 0.15) is 103 Å². The summed E-state index contributed by atoms with van der Waals surface area (Å²) < 4.78 is 0. The molecule has 0 N–H and O–H groups in total. The van der Waals surface area contributed by atoms with Crippen molar-refractivity contribution in [3.63, 3.8) is 0 Å². The molecule has 0 radical (unpaired) electrons. The van der Waals surface area contributed by atoms with Crippen molar-refractivity contribution >= 4 is 0 Å². The molecule has 0 amide bonds. The second kappa shape index (κ2) is 8.28. The third-order valence-corrected chi connectivity index (χ3v) is 7.59.